The molecule has 1 saturated heterocycles. The van der Waals surface area contributed by atoms with Gasteiger partial charge in [0.15, 0.2) is 6.61 Å². The van der Waals surface area contributed by atoms with Crippen molar-refractivity contribution in [2.24, 2.45) is 0 Å². The lowest BCUT2D eigenvalue weighted by atomic mass is 10.1. The number of methoxy groups -OCH3 is 1. The number of carbonyl (C=O) groups excluding carboxylic acids is 3. The summed E-state index contributed by atoms with van der Waals surface area (Å²) in [6.07, 6.45) is 1.18. The van der Waals surface area contributed by atoms with Crippen LogP contribution in [0.3, 0.4) is 0 Å². The number of hydrazine groups is 1. The van der Waals surface area contributed by atoms with Crippen molar-refractivity contribution >= 4 is 35.2 Å². The van der Waals surface area contributed by atoms with Crippen molar-refractivity contribution in [3.05, 3.63) is 69.8 Å². The number of nitro benzene ring substituents is 1. The second-order valence-electron chi connectivity index (χ2n) is 5.79. The minimum Gasteiger partial charge on any atom is -0.474 e. The van der Waals surface area contributed by atoms with E-state index >= 15 is 0 Å². The van der Waals surface area contributed by atoms with Crippen molar-refractivity contribution in [3.63, 3.8) is 0 Å². The zero-order valence-corrected chi connectivity index (χ0v) is 15.2. The summed E-state index contributed by atoms with van der Waals surface area (Å²) in [4.78, 5) is 47.0. The lowest BCUT2D eigenvalue weighted by molar-refractivity contribution is -0.385. The van der Waals surface area contributed by atoms with Crippen LogP contribution in [-0.4, -0.2) is 36.4 Å². The second kappa shape index (κ2) is 8.21. The molecule has 2 aromatic rings. The predicted molar refractivity (Wildman–Crippen MR) is 101 cm³/mol. The summed E-state index contributed by atoms with van der Waals surface area (Å²) in [5.41, 5.74) is 2.32. The number of ether oxygens (including phenoxy) is 2. The largest absolute Gasteiger partial charge is 0.474 e. The van der Waals surface area contributed by atoms with Crippen LogP contribution in [0.4, 0.5) is 11.4 Å². The minimum atomic E-state index is -0.744. The number of rotatable bonds is 6. The molecule has 2 aromatic carbocycles. The Labute approximate surface area is 164 Å². The molecule has 1 fully saturated rings. The molecule has 0 unspecified atom stereocenters. The predicted octanol–water partition coefficient (Wildman–Crippen LogP) is 1.61. The number of nitrogens with zero attached hydrogens (tertiary/aromatic N) is 2. The fourth-order valence-corrected chi connectivity index (χ4v) is 2.62. The molecule has 1 aliphatic rings. The van der Waals surface area contributed by atoms with Crippen LogP contribution in [0.2, 0.25) is 0 Å². The normalized spacial score (nSPS) is 14.7. The Balaban J connectivity index is 1.99. The summed E-state index contributed by atoms with van der Waals surface area (Å²) in [5, 5.41) is 12.4. The molecule has 1 N–H and O–H groups in total. The highest BCUT2D eigenvalue weighted by Gasteiger charge is 2.35. The number of nitro groups is 1. The SMILES string of the molecule is COC(=O)COc1c(C=C2C(=O)NN(c3ccccc3)C2=O)cccc1[N+](=O)[O-]. The number of para-hydroxylation sites is 2. The van der Waals surface area contributed by atoms with Gasteiger partial charge in [-0.3, -0.25) is 25.1 Å². The molecule has 0 radical (unpaired) electrons. The summed E-state index contributed by atoms with van der Waals surface area (Å²) in [5.74, 6) is -2.31. The summed E-state index contributed by atoms with van der Waals surface area (Å²) in [6.45, 7) is -0.576. The van der Waals surface area contributed by atoms with Crippen LogP contribution in [0.25, 0.3) is 6.08 Å². The van der Waals surface area contributed by atoms with E-state index in [0.717, 1.165) is 12.1 Å². The monoisotopic (exact) mass is 397 g/mol. The van der Waals surface area contributed by atoms with Crippen molar-refractivity contribution in [1.29, 1.82) is 0 Å². The first-order valence-corrected chi connectivity index (χ1v) is 8.31. The van der Waals surface area contributed by atoms with E-state index in [9.17, 15) is 24.5 Å². The molecule has 1 heterocycles. The van der Waals surface area contributed by atoms with Crippen molar-refractivity contribution < 1.29 is 28.8 Å². The van der Waals surface area contributed by atoms with Crippen molar-refractivity contribution in [2.45, 2.75) is 0 Å². The maximum absolute atomic E-state index is 12.7. The van der Waals surface area contributed by atoms with Crippen LogP contribution >= 0.6 is 0 Å². The number of benzene rings is 2. The van der Waals surface area contributed by atoms with Gasteiger partial charge in [-0.2, -0.15) is 0 Å². The van der Waals surface area contributed by atoms with Crippen molar-refractivity contribution in [3.8, 4) is 5.75 Å². The summed E-state index contributed by atoms with van der Waals surface area (Å²) in [7, 11) is 1.15. The smallest absolute Gasteiger partial charge is 0.343 e. The van der Waals surface area contributed by atoms with Crippen LogP contribution in [0.15, 0.2) is 54.1 Å². The van der Waals surface area contributed by atoms with E-state index in [2.05, 4.69) is 10.2 Å². The van der Waals surface area contributed by atoms with Gasteiger partial charge in [-0.05, 0) is 18.2 Å². The molecule has 10 heteroatoms. The minimum absolute atomic E-state index is 0.0940. The summed E-state index contributed by atoms with van der Waals surface area (Å²) in [6, 6.07) is 12.4. The van der Waals surface area contributed by atoms with Crippen LogP contribution in [0.1, 0.15) is 5.56 Å². The van der Waals surface area contributed by atoms with Gasteiger partial charge in [0.25, 0.3) is 11.8 Å². The maximum Gasteiger partial charge on any atom is 0.343 e. The van der Waals surface area contributed by atoms with Gasteiger partial charge >= 0.3 is 11.7 Å². The molecule has 2 amide bonds. The molecule has 10 nitrogen and oxygen atoms in total. The number of amides is 2. The molecule has 29 heavy (non-hydrogen) atoms. The third kappa shape index (κ3) is 4.05. The fraction of sp³-hybridized carbons (Fsp3) is 0.105. The number of carbonyl (C=O) groups is 3. The van der Waals surface area contributed by atoms with Gasteiger partial charge in [0.1, 0.15) is 5.57 Å². The third-order valence-corrected chi connectivity index (χ3v) is 3.99. The maximum atomic E-state index is 12.7. The topological polar surface area (TPSA) is 128 Å². The van der Waals surface area contributed by atoms with Crippen molar-refractivity contribution in [1.82, 2.24) is 5.43 Å². The summed E-state index contributed by atoms with van der Waals surface area (Å²) >= 11 is 0. The van der Waals surface area contributed by atoms with Crippen LogP contribution in [0, 0.1) is 10.1 Å². The number of esters is 1. The molecule has 0 saturated carbocycles. The molecule has 0 spiro atoms. The average Bonchev–Trinajstić information content (AvgIpc) is 3.01. The zero-order valence-electron chi connectivity index (χ0n) is 15.2. The highest BCUT2D eigenvalue weighted by Crippen LogP contribution is 2.33. The average molecular weight is 397 g/mol. The quantitative estimate of drug-likeness (QED) is 0.258. The van der Waals surface area contributed by atoms with Gasteiger partial charge in [0.2, 0.25) is 5.75 Å². The van der Waals surface area contributed by atoms with Crippen LogP contribution in [0.5, 0.6) is 5.75 Å². The van der Waals surface area contributed by atoms with Crippen LogP contribution < -0.4 is 15.2 Å². The summed E-state index contributed by atoms with van der Waals surface area (Å²) < 4.78 is 9.73. The molecule has 0 bridgehead atoms. The van der Waals surface area contributed by atoms with Gasteiger partial charge in [-0.25, -0.2) is 9.80 Å². The van der Waals surface area contributed by atoms with Gasteiger partial charge < -0.3 is 9.47 Å². The first-order valence-electron chi connectivity index (χ1n) is 8.31. The molecule has 1 aliphatic heterocycles. The first-order chi connectivity index (χ1) is 13.9. The molecule has 0 atom stereocenters. The van der Waals surface area contributed by atoms with Gasteiger partial charge in [0, 0.05) is 11.6 Å². The van der Waals surface area contributed by atoms with E-state index in [1.54, 1.807) is 30.3 Å². The highest BCUT2D eigenvalue weighted by molar-refractivity contribution is 6.31. The zero-order chi connectivity index (χ0) is 21.0. The first kappa shape index (κ1) is 19.5. The number of hydrogen-bond acceptors (Lipinski definition) is 7. The molecule has 0 aliphatic carbocycles. The third-order valence-electron chi connectivity index (χ3n) is 3.99. The highest BCUT2D eigenvalue weighted by atomic mass is 16.6. The van der Waals surface area contributed by atoms with E-state index in [4.69, 9.17) is 4.74 Å². The van der Waals surface area contributed by atoms with E-state index in [1.807, 2.05) is 0 Å². The lowest BCUT2D eigenvalue weighted by Gasteiger charge is -2.14. The van der Waals surface area contributed by atoms with Gasteiger partial charge in [-0.1, -0.05) is 30.3 Å². The van der Waals surface area contributed by atoms with Crippen LogP contribution in [-0.2, 0) is 19.1 Å². The number of nitrogens with one attached hydrogen (secondary N) is 1. The Morgan fingerprint density at radius 2 is 1.90 bits per heavy atom. The van der Waals surface area contributed by atoms with E-state index < -0.39 is 35.0 Å². The van der Waals surface area contributed by atoms with E-state index in [0.29, 0.717) is 5.69 Å². The Hall–Kier alpha value is -4.21. The molecule has 3 rings (SSSR count). The Morgan fingerprint density at radius 3 is 2.55 bits per heavy atom. The molecular formula is C19H15N3O7. The van der Waals surface area contributed by atoms with E-state index in [-0.39, 0.29) is 16.9 Å². The fourth-order valence-electron chi connectivity index (χ4n) is 2.62. The molecule has 148 valence electrons. The Bertz CT molecular complexity index is 1020. The Morgan fingerprint density at radius 1 is 1.17 bits per heavy atom. The number of anilines is 1. The lowest BCUT2D eigenvalue weighted by Crippen LogP contribution is -2.35. The number of hydrogen-bond donors (Lipinski definition) is 1. The molecule has 0 aromatic heterocycles. The van der Waals surface area contributed by atoms with Gasteiger partial charge in [-0.15, -0.1) is 0 Å². The Kier molecular flexibility index (Phi) is 5.54. The van der Waals surface area contributed by atoms with Gasteiger partial charge in [0.05, 0.1) is 17.7 Å². The molecular weight excluding hydrogens is 382 g/mol. The van der Waals surface area contributed by atoms with E-state index in [1.165, 1.54) is 24.3 Å². The van der Waals surface area contributed by atoms with Crippen molar-refractivity contribution in [2.75, 3.05) is 18.7 Å². The standard InChI is InChI=1S/C19H15N3O7/c1-28-16(23)11-29-17-12(6-5-9-15(17)22(26)27)10-14-18(24)20-21(19(14)25)13-7-3-2-4-8-13/h2-10H,11H2,1H3,(H,20,24). The second-order valence-corrected chi connectivity index (χ2v) is 5.79.